The molecule has 23 heavy (non-hydrogen) atoms. The minimum Gasteiger partial charge on any atom is -0.860 e. The van der Waals surface area contributed by atoms with E-state index in [0.717, 1.165) is 5.56 Å². The smallest absolute Gasteiger partial charge is 0.409 e. The summed E-state index contributed by atoms with van der Waals surface area (Å²) in [6.45, 7) is 1.54. The summed E-state index contributed by atoms with van der Waals surface area (Å²) >= 11 is 0. The van der Waals surface area contributed by atoms with Crippen LogP contribution in [0.25, 0.3) is 0 Å². The highest BCUT2D eigenvalue weighted by molar-refractivity contribution is 7.88. The van der Waals surface area contributed by atoms with Crippen LogP contribution in [0.3, 0.4) is 0 Å². The molecular weight excluding hydrogens is 320 g/mol. The first-order valence-corrected chi connectivity index (χ1v) is 8.48. The van der Waals surface area contributed by atoms with E-state index in [-0.39, 0.29) is 12.0 Å². The number of rotatable bonds is 5. The van der Waals surface area contributed by atoms with Crippen LogP contribution in [0.2, 0.25) is 0 Å². The normalized spacial score (nSPS) is 23.9. The average molecular weight is 337 g/mol. The van der Waals surface area contributed by atoms with Crippen LogP contribution in [0.15, 0.2) is 35.6 Å². The Labute approximate surface area is 136 Å². The highest BCUT2D eigenvalue weighted by Crippen LogP contribution is 2.34. The van der Waals surface area contributed by atoms with Gasteiger partial charge >= 0.3 is 6.09 Å². The Morgan fingerprint density at radius 3 is 2.96 bits per heavy atom. The fourth-order valence-corrected chi connectivity index (χ4v) is 4.00. The maximum atomic E-state index is 12.3. The Balaban J connectivity index is 1.77. The number of benzene rings is 1. The van der Waals surface area contributed by atoms with Crippen molar-refractivity contribution in [1.82, 2.24) is 9.80 Å². The van der Waals surface area contributed by atoms with Crippen molar-refractivity contribution in [3.05, 3.63) is 41.1 Å². The van der Waals surface area contributed by atoms with Crippen molar-refractivity contribution in [2.45, 2.75) is 5.37 Å². The van der Waals surface area contributed by atoms with Crippen molar-refractivity contribution < 1.29 is 23.6 Å². The highest BCUT2D eigenvalue weighted by atomic mass is 32.2. The monoisotopic (exact) mass is 337 g/mol. The summed E-state index contributed by atoms with van der Waals surface area (Å²) in [5.74, 6) is 0.352. The molecule has 1 saturated heterocycles. The molecule has 2 aliphatic heterocycles. The summed E-state index contributed by atoms with van der Waals surface area (Å²) in [5.41, 5.74) is 0.744. The molecule has 1 fully saturated rings. The first kappa shape index (κ1) is 15.7. The van der Waals surface area contributed by atoms with Crippen LogP contribution in [0, 0.1) is 0 Å². The third-order valence-electron chi connectivity index (χ3n) is 3.84. The van der Waals surface area contributed by atoms with E-state index in [4.69, 9.17) is 9.47 Å². The molecule has 0 N–H and O–H groups in total. The molecular formula is C15H17N2O5S-. The molecule has 0 bridgehead atoms. The van der Waals surface area contributed by atoms with Gasteiger partial charge in [0.2, 0.25) is 0 Å². The highest BCUT2D eigenvalue weighted by Gasteiger charge is 2.31. The van der Waals surface area contributed by atoms with Gasteiger partial charge in [0.1, 0.15) is 17.7 Å². The molecule has 0 radical (unpaired) electrons. The van der Waals surface area contributed by atoms with Crippen LogP contribution in [0.4, 0.5) is 4.79 Å². The number of amides is 1. The molecule has 0 spiro atoms. The minimum absolute atomic E-state index is 0.288. The largest absolute Gasteiger partial charge is 0.860 e. The SMILES string of the molecule is COc1cccc(C2N(CCN3CCOC3=O)C([O-])=CS2=O)c1. The Morgan fingerprint density at radius 2 is 2.26 bits per heavy atom. The van der Waals surface area contributed by atoms with Crippen LogP contribution in [-0.4, -0.2) is 53.5 Å². The first-order chi connectivity index (χ1) is 11.1. The van der Waals surface area contributed by atoms with Gasteiger partial charge in [0, 0.05) is 18.5 Å². The number of cyclic esters (lactones) is 1. The quantitative estimate of drug-likeness (QED) is 0.772. The van der Waals surface area contributed by atoms with Crippen LogP contribution < -0.4 is 9.84 Å². The molecule has 3 rings (SSSR count). The second-order valence-electron chi connectivity index (χ2n) is 5.21. The summed E-state index contributed by atoms with van der Waals surface area (Å²) in [5, 5.41) is 12.8. The van der Waals surface area contributed by atoms with Gasteiger partial charge in [0.15, 0.2) is 0 Å². The third-order valence-corrected chi connectivity index (χ3v) is 5.24. The molecule has 124 valence electrons. The fourth-order valence-electron chi connectivity index (χ4n) is 2.67. The number of methoxy groups -OCH3 is 1. The van der Waals surface area contributed by atoms with E-state index >= 15 is 0 Å². The van der Waals surface area contributed by atoms with Gasteiger partial charge in [0.05, 0.1) is 24.5 Å². The van der Waals surface area contributed by atoms with Crippen molar-refractivity contribution >= 4 is 16.9 Å². The maximum Gasteiger partial charge on any atom is 0.409 e. The molecule has 0 aliphatic carbocycles. The fraction of sp³-hybridized carbons (Fsp3) is 0.400. The van der Waals surface area contributed by atoms with Gasteiger partial charge in [0.25, 0.3) is 0 Å². The standard InChI is InChI=1S/C15H18N2O5S/c1-21-12-4-2-3-11(9-12)14-17(13(18)10-23(14)20)6-5-16-7-8-22-15(16)19/h2-4,9-10,14,18H,5-8H2,1H3/p-1. The molecule has 2 atom stereocenters. The second kappa shape index (κ2) is 6.49. The van der Waals surface area contributed by atoms with Crippen molar-refractivity contribution in [2.75, 3.05) is 33.4 Å². The summed E-state index contributed by atoms with van der Waals surface area (Å²) < 4.78 is 22.4. The predicted octanol–water partition coefficient (Wildman–Crippen LogP) is 0.369. The van der Waals surface area contributed by atoms with Gasteiger partial charge in [-0.2, -0.15) is 0 Å². The molecule has 8 heteroatoms. The summed E-state index contributed by atoms with van der Waals surface area (Å²) in [7, 11) is 0.122. The maximum absolute atomic E-state index is 12.3. The van der Waals surface area contributed by atoms with E-state index in [1.807, 2.05) is 6.07 Å². The molecule has 1 amide bonds. The molecule has 2 unspecified atom stereocenters. The number of carbonyl (C=O) groups is 1. The minimum atomic E-state index is -1.43. The number of hydrogen-bond donors (Lipinski definition) is 0. The van der Waals surface area contributed by atoms with Crippen LogP contribution in [0.1, 0.15) is 10.9 Å². The lowest BCUT2D eigenvalue weighted by Gasteiger charge is -2.32. The topological polar surface area (TPSA) is 82.1 Å². The zero-order valence-corrected chi connectivity index (χ0v) is 13.5. The van der Waals surface area contributed by atoms with E-state index in [0.29, 0.717) is 32.0 Å². The number of nitrogens with zero attached hydrogens (tertiary/aromatic N) is 2. The Hall–Kier alpha value is -2.22. The first-order valence-electron chi connectivity index (χ1n) is 7.20. The van der Waals surface area contributed by atoms with E-state index in [9.17, 15) is 14.1 Å². The molecule has 2 aliphatic rings. The van der Waals surface area contributed by atoms with Gasteiger partial charge in [-0.05, 0) is 23.6 Å². The molecule has 1 aromatic carbocycles. The van der Waals surface area contributed by atoms with Gasteiger partial charge in [-0.25, -0.2) is 4.79 Å². The molecule has 7 nitrogen and oxygen atoms in total. The predicted molar refractivity (Wildman–Crippen MR) is 81.6 cm³/mol. The van der Waals surface area contributed by atoms with E-state index in [1.54, 1.807) is 25.3 Å². The lowest BCUT2D eigenvalue weighted by atomic mass is 10.2. The number of hydrogen-bond acceptors (Lipinski definition) is 6. The lowest BCUT2D eigenvalue weighted by molar-refractivity contribution is -0.332. The van der Waals surface area contributed by atoms with Crippen LogP contribution in [0.5, 0.6) is 5.75 Å². The number of carbonyl (C=O) groups excluding carboxylic acids is 1. The summed E-state index contributed by atoms with van der Waals surface area (Å²) in [6, 6.07) is 7.17. The van der Waals surface area contributed by atoms with E-state index in [2.05, 4.69) is 0 Å². The lowest BCUT2D eigenvalue weighted by Crippen LogP contribution is -2.38. The molecule has 0 saturated carbocycles. The average Bonchev–Trinajstić information content (AvgIpc) is 3.08. The van der Waals surface area contributed by atoms with E-state index in [1.165, 1.54) is 15.2 Å². The Kier molecular flexibility index (Phi) is 4.42. The van der Waals surface area contributed by atoms with Crippen molar-refractivity contribution in [1.29, 1.82) is 0 Å². The Bertz CT molecular complexity index is 663. The van der Waals surface area contributed by atoms with Crippen LogP contribution in [-0.2, 0) is 15.5 Å². The zero-order chi connectivity index (χ0) is 16.4. The summed E-state index contributed by atoms with van der Waals surface area (Å²) in [6.07, 6.45) is -0.375. The second-order valence-corrected chi connectivity index (χ2v) is 6.55. The van der Waals surface area contributed by atoms with Crippen LogP contribution >= 0.6 is 0 Å². The van der Waals surface area contributed by atoms with Crippen molar-refractivity contribution in [3.8, 4) is 5.75 Å². The van der Waals surface area contributed by atoms with Gasteiger partial charge in [-0.15, -0.1) is 0 Å². The number of ether oxygens (including phenoxy) is 2. The third kappa shape index (κ3) is 3.12. The van der Waals surface area contributed by atoms with Crippen molar-refractivity contribution in [3.63, 3.8) is 0 Å². The van der Waals surface area contributed by atoms with Gasteiger partial charge in [-0.1, -0.05) is 12.1 Å². The Morgan fingerprint density at radius 1 is 1.43 bits per heavy atom. The van der Waals surface area contributed by atoms with E-state index < -0.39 is 16.2 Å². The van der Waals surface area contributed by atoms with Crippen molar-refractivity contribution in [2.24, 2.45) is 0 Å². The molecule has 1 aromatic rings. The molecule has 0 aromatic heterocycles. The van der Waals surface area contributed by atoms with Gasteiger partial charge < -0.3 is 24.4 Å². The summed E-state index contributed by atoms with van der Waals surface area (Å²) in [4.78, 5) is 14.5. The van der Waals surface area contributed by atoms with Gasteiger partial charge in [-0.3, -0.25) is 4.21 Å². The molecule has 2 heterocycles. The zero-order valence-electron chi connectivity index (χ0n) is 12.6.